The molecule has 0 bridgehead atoms. The first kappa shape index (κ1) is 14.2. The maximum atomic E-state index is 12.5. The van der Waals surface area contributed by atoms with Crippen LogP contribution in [0.2, 0.25) is 5.02 Å². The summed E-state index contributed by atoms with van der Waals surface area (Å²) in [4.78, 5) is 15.9. The largest absolute Gasteiger partial charge is 0.466 e. The van der Waals surface area contributed by atoms with Crippen molar-refractivity contribution in [3.63, 3.8) is 0 Å². The number of hydrogen-bond donors (Lipinski definition) is 0. The topological polar surface area (TPSA) is 38.8 Å². The van der Waals surface area contributed by atoms with Gasteiger partial charge in [0.2, 0.25) is 0 Å². The molecule has 0 amide bonds. The van der Waals surface area contributed by atoms with Crippen LogP contribution in [0.25, 0.3) is 0 Å². The summed E-state index contributed by atoms with van der Waals surface area (Å²) in [6.45, 7) is 0.657. The van der Waals surface area contributed by atoms with Gasteiger partial charge in [-0.1, -0.05) is 29.8 Å². The van der Waals surface area contributed by atoms with Crippen molar-refractivity contribution in [2.45, 2.75) is 24.9 Å². The molecule has 4 rings (SSSR count). The summed E-state index contributed by atoms with van der Waals surface area (Å²) in [5, 5.41) is 2.58. The lowest BCUT2D eigenvalue weighted by Crippen LogP contribution is -2.71. The summed E-state index contributed by atoms with van der Waals surface area (Å²) >= 11 is 8.05. The van der Waals surface area contributed by atoms with Crippen LogP contribution in [0.5, 0.6) is 0 Å². The van der Waals surface area contributed by atoms with Crippen LogP contribution in [0.3, 0.4) is 0 Å². The number of nitrogens with zero attached hydrogens (tertiary/aromatic N) is 1. The van der Waals surface area contributed by atoms with E-state index in [0.29, 0.717) is 17.1 Å². The van der Waals surface area contributed by atoms with Crippen molar-refractivity contribution in [2.75, 3.05) is 7.11 Å². The van der Waals surface area contributed by atoms with Crippen LogP contribution in [-0.4, -0.2) is 24.2 Å². The molecule has 1 saturated heterocycles. The van der Waals surface area contributed by atoms with Gasteiger partial charge in [0.1, 0.15) is 6.23 Å². The van der Waals surface area contributed by atoms with E-state index in [4.69, 9.17) is 21.1 Å². The molecule has 1 aromatic carbocycles. The standard InChI is InChI=1S/C16H14ClNO3S/c1-20-15(19)16(11-4-2-3-5-12(11)17)18-9-10-6-7-22-13(10)8-14(18)21-16/h2-7,14H,8-9H2,1H3/t14-,16-/m0/s1. The van der Waals surface area contributed by atoms with E-state index >= 15 is 0 Å². The molecular formula is C16H14ClNO3S. The molecule has 1 fully saturated rings. The normalized spacial score (nSPS) is 26.7. The first-order valence-electron chi connectivity index (χ1n) is 7.00. The number of esters is 1. The lowest BCUT2D eigenvalue weighted by atomic mass is 9.92. The summed E-state index contributed by atoms with van der Waals surface area (Å²) in [6, 6.07) is 9.36. The number of thiophene rings is 1. The second kappa shape index (κ2) is 5.06. The maximum Gasteiger partial charge on any atom is 0.359 e. The second-order valence-electron chi connectivity index (χ2n) is 5.39. The van der Waals surface area contributed by atoms with Gasteiger partial charge in [-0.05, 0) is 23.1 Å². The van der Waals surface area contributed by atoms with Crippen molar-refractivity contribution in [3.8, 4) is 0 Å². The van der Waals surface area contributed by atoms with Crippen molar-refractivity contribution in [1.82, 2.24) is 4.90 Å². The summed E-state index contributed by atoms with van der Waals surface area (Å²) in [6.07, 6.45) is 0.678. The lowest BCUT2D eigenvalue weighted by Gasteiger charge is -2.57. The van der Waals surface area contributed by atoms with Crippen LogP contribution >= 0.6 is 22.9 Å². The molecule has 2 aliphatic rings. The van der Waals surface area contributed by atoms with Crippen LogP contribution in [0.15, 0.2) is 35.7 Å². The highest BCUT2D eigenvalue weighted by Gasteiger charge is 2.62. The molecular weight excluding hydrogens is 322 g/mol. The Kier molecular flexibility index (Phi) is 3.27. The van der Waals surface area contributed by atoms with Crippen molar-refractivity contribution in [2.24, 2.45) is 0 Å². The van der Waals surface area contributed by atoms with Gasteiger partial charge in [-0.3, -0.25) is 0 Å². The van der Waals surface area contributed by atoms with Gasteiger partial charge >= 0.3 is 5.97 Å². The van der Waals surface area contributed by atoms with Gasteiger partial charge < -0.3 is 9.47 Å². The molecule has 0 N–H and O–H groups in total. The van der Waals surface area contributed by atoms with Crippen LogP contribution in [0, 0.1) is 0 Å². The third kappa shape index (κ3) is 1.80. The number of carbonyl (C=O) groups is 1. The number of benzene rings is 1. The Balaban J connectivity index is 1.80. The fraction of sp³-hybridized carbons (Fsp3) is 0.312. The van der Waals surface area contributed by atoms with E-state index in [1.807, 2.05) is 23.1 Å². The Morgan fingerprint density at radius 2 is 2.27 bits per heavy atom. The zero-order valence-electron chi connectivity index (χ0n) is 11.9. The van der Waals surface area contributed by atoms with Crippen LogP contribution in [-0.2, 0) is 33.0 Å². The minimum atomic E-state index is -1.24. The highest BCUT2D eigenvalue weighted by Crippen LogP contribution is 2.50. The quantitative estimate of drug-likeness (QED) is 0.790. The number of carbonyl (C=O) groups excluding carboxylic acids is 1. The molecule has 2 atom stereocenters. The second-order valence-corrected chi connectivity index (χ2v) is 6.80. The SMILES string of the molecule is COC(=O)[C@]1(c2ccccc2Cl)O[C@H]2Cc3sccc3CN21. The summed E-state index contributed by atoms with van der Waals surface area (Å²) in [5.41, 5.74) is 0.639. The van der Waals surface area contributed by atoms with Gasteiger partial charge in [0.05, 0.1) is 7.11 Å². The van der Waals surface area contributed by atoms with Crippen LogP contribution in [0.4, 0.5) is 0 Å². The molecule has 114 valence electrons. The van der Waals surface area contributed by atoms with E-state index in [2.05, 4.69) is 11.4 Å². The number of fused-ring (bicyclic) bond motifs is 2. The molecule has 0 unspecified atom stereocenters. The average Bonchev–Trinajstić information content (AvgIpc) is 2.97. The number of ether oxygens (including phenoxy) is 2. The highest BCUT2D eigenvalue weighted by atomic mass is 35.5. The van der Waals surface area contributed by atoms with Crippen molar-refractivity contribution < 1.29 is 14.3 Å². The summed E-state index contributed by atoms with van der Waals surface area (Å²) < 4.78 is 11.1. The maximum absolute atomic E-state index is 12.5. The van der Waals surface area contributed by atoms with E-state index in [0.717, 1.165) is 6.42 Å². The van der Waals surface area contributed by atoms with Gasteiger partial charge in [-0.2, -0.15) is 0 Å². The predicted octanol–water partition coefficient (Wildman–Crippen LogP) is 3.14. The smallest absolute Gasteiger partial charge is 0.359 e. The predicted molar refractivity (Wildman–Crippen MR) is 83.6 cm³/mol. The number of methoxy groups -OCH3 is 1. The summed E-state index contributed by atoms with van der Waals surface area (Å²) in [5.74, 6) is -0.435. The van der Waals surface area contributed by atoms with E-state index in [-0.39, 0.29) is 6.23 Å². The Morgan fingerprint density at radius 1 is 1.45 bits per heavy atom. The van der Waals surface area contributed by atoms with Gasteiger partial charge in [-0.25, -0.2) is 9.69 Å². The molecule has 0 radical (unpaired) electrons. The molecule has 6 heteroatoms. The monoisotopic (exact) mass is 335 g/mol. The molecule has 3 heterocycles. The van der Waals surface area contributed by atoms with Gasteiger partial charge in [0.15, 0.2) is 0 Å². The highest BCUT2D eigenvalue weighted by molar-refractivity contribution is 7.10. The van der Waals surface area contributed by atoms with Crippen molar-refractivity contribution >= 4 is 28.9 Å². The Labute approximate surface area is 137 Å². The Morgan fingerprint density at radius 3 is 3.05 bits per heavy atom. The van der Waals surface area contributed by atoms with E-state index in [9.17, 15) is 4.79 Å². The zero-order chi connectivity index (χ0) is 15.3. The average molecular weight is 336 g/mol. The number of halogens is 1. The number of hydrogen-bond acceptors (Lipinski definition) is 5. The molecule has 0 spiro atoms. The van der Waals surface area contributed by atoms with Gasteiger partial charge in [0, 0.05) is 28.4 Å². The van der Waals surface area contributed by atoms with Gasteiger partial charge in [-0.15, -0.1) is 11.3 Å². The lowest BCUT2D eigenvalue weighted by molar-refractivity contribution is -0.359. The molecule has 4 nitrogen and oxygen atoms in total. The zero-order valence-corrected chi connectivity index (χ0v) is 13.5. The third-order valence-corrected chi connectivity index (χ3v) is 5.61. The minimum absolute atomic E-state index is 0.110. The van der Waals surface area contributed by atoms with Gasteiger partial charge in [0.25, 0.3) is 5.72 Å². The molecule has 2 aromatic rings. The Hall–Kier alpha value is -1.40. The molecule has 2 aliphatic heterocycles. The first-order chi connectivity index (χ1) is 10.7. The van der Waals surface area contributed by atoms with Crippen molar-refractivity contribution in [1.29, 1.82) is 0 Å². The van der Waals surface area contributed by atoms with E-state index in [1.165, 1.54) is 17.6 Å². The molecule has 1 aromatic heterocycles. The Bertz CT molecular complexity index is 746. The minimum Gasteiger partial charge on any atom is -0.466 e. The van der Waals surface area contributed by atoms with Crippen molar-refractivity contribution in [3.05, 3.63) is 56.7 Å². The number of rotatable bonds is 2. The van der Waals surface area contributed by atoms with E-state index < -0.39 is 11.7 Å². The van der Waals surface area contributed by atoms with Crippen LogP contribution < -0.4 is 0 Å². The third-order valence-electron chi connectivity index (χ3n) is 4.30. The van der Waals surface area contributed by atoms with E-state index in [1.54, 1.807) is 17.4 Å². The fourth-order valence-electron chi connectivity index (χ4n) is 3.24. The molecule has 22 heavy (non-hydrogen) atoms. The van der Waals surface area contributed by atoms with Crippen LogP contribution in [0.1, 0.15) is 16.0 Å². The first-order valence-corrected chi connectivity index (χ1v) is 8.26. The fourth-order valence-corrected chi connectivity index (χ4v) is 4.43. The molecule has 0 aliphatic carbocycles. The summed E-state index contributed by atoms with van der Waals surface area (Å²) in [7, 11) is 1.37. The molecule has 0 saturated carbocycles.